The van der Waals surface area contributed by atoms with Gasteiger partial charge in [-0.1, -0.05) is 13.3 Å². The molecule has 0 amide bonds. The fraction of sp³-hybridized carbons (Fsp3) is 0.533. The first-order valence-corrected chi connectivity index (χ1v) is 6.58. The van der Waals surface area contributed by atoms with Crippen molar-refractivity contribution in [1.82, 2.24) is 0 Å². The summed E-state index contributed by atoms with van der Waals surface area (Å²) in [6.45, 7) is 6.02. The largest absolute Gasteiger partial charge is 0.491 e. The SMILES string of the molecule is CCCC(N)CC(=O)c1ccc(OC(C)C)cc1. The fourth-order valence-electron chi connectivity index (χ4n) is 1.82. The van der Waals surface area contributed by atoms with Gasteiger partial charge in [-0.05, 0) is 44.5 Å². The van der Waals surface area contributed by atoms with E-state index in [2.05, 4.69) is 6.92 Å². The van der Waals surface area contributed by atoms with Gasteiger partial charge in [0.2, 0.25) is 0 Å². The van der Waals surface area contributed by atoms with E-state index in [-0.39, 0.29) is 17.9 Å². The lowest BCUT2D eigenvalue weighted by molar-refractivity contribution is 0.0973. The maximum Gasteiger partial charge on any atom is 0.164 e. The lowest BCUT2D eigenvalue weighted by Crippen LogP contribution is -2.23. The molecule has 18 heavy (non-hydrogen) atoms. The molecule has 0 radical (unpaired) electrons. The Labute approximate surface area is 109 Å². The molecular weight excluding hydrogens is 226 g/mol. The first kappa shape index (κ1) is 14.7. The highest BCUT2D eigenvalue weighted by atomic mass is 16.5. The molecule has 3 nitrogen and oxygen atoms in total. The molecule has 0 aliphatic carbocycles. The second kappa shape index (κ2) is 7.17. The first-order valence-electron chi connectivity index (χ1n) is 6.58. The van der Waals surface area contributed by atoms with E-state index in [1.807, 2.05) is 26.0 Å². The molecule has 1 atom stereocenters. The van der Waals surface area contributed by atoms with Crippen LogP contribution < -0.4 is 10.5 Å². The van der Waals surface area contributed by atoms with Crippen LogP contribution in [-0.2, 0) is 0 Å². The second-order valence-corrected chi connectivity index (χ2v) is 4.87. The number of ether oxygens (including phenoxy) is 1. The number of Topliss-reactive ketones (excluding diaryl/α,β-unsaturated/α-hetero) is 1. The van der Waals surface area contributed by atoms with Gasteiger partial charge < -0.3 is 10.5 Å². The van der Waals surface area contributed by atoms with E-state index in [0.717, 1.165) is 18.6 Å². The van der Waals surface area contributed by atoms with Crippen molar-refractivity contribution in [3.63, 3.8) is 0 Å². The highest BCUT2D eigenvalue weighted by Crippen LogP contribution is 2.15. The van der Waals surface area contributed by atoms with Crippen molar-refractivity contribution >= 4 is 5.78 Å². The number of hydrogen-bond donors (Lipinski definition) is 1. The maximum absolute atomic E-state index is 11.9. The van der Waals surface area contributed by atoms with Gasteiger partial charge in [-0.3, -0.25) is 4.79 Å². The average molecular weight is 249 g/mol. The van der Waals surface area contributed by atoms with E-state index in [1.165, 1.54) is 0 Å². The standard InChI is InChI=1S/C15H23NO2/c1-4-5-13(16)10-15(17)12-6-8-14(9-7-12)18-11(2)3/h6-9,11,13H,4-5,10,16H2,1-3H3. The molecule has 2 N–H and O–H groups in total. The summed E-state index contributed by atoms with van der Waals surface area (Å²) in [5, 5.41) is 0. The summed E-state index contributed by atoms with van der Waals surface area (Å²) in [7, 11) is 0. The number of rotatable bonds is 7. The number of carbonyl (C=O) groups excluding carboxylic acids is 1. The van der Waals surface area contributed by atoms with E-state index in [0.29, 0.717) is 12.0 Å². The van der Waals surface area contributed by atoms with Crippen LogP contribution >= 0.6 is 0 Å². The monoisotopic (exact) mass is 249 g/mol. The fourth-order valence-corrected chi connectivity index (χ4v) is 1.82. The summed E-state index contributed by atoms with van der Waals surface area (Å²) in [6.07, 6.45) is 2.46. The third kappa shape index (κ3) is 4.88. The minimum Gasteiger partial charge on any atom is -0.491 e. The topological polar surface area (TPSA) is 52.3 Å². The Morgan fingerprint density at radius 1 is 1.28 bits per heavy atom. The number of nitrogens with two attached hydrogens (primary N) is 1. The molecule has 0 bridgehead atoms. The molecule has 1 rings (SSSR count). The van der Waals surface area contributed by atoms with Crippen LogP contribution in [0.4, 0.5) is 0 Å². The molecule has 0 heterocycles. The van der Waals surface area contributed by atoms with Gasteiger partial charge in [0, 0.05) is 18.0 Å². The summed E-state index contributed by atoms with van der Waals surface area (Å²) >= 11 is 0. The lowest BCUT2D eigenvalue weighted by Gasteiger charge is -2.11. The van der Waals surface area contributed by atoms with Crippen LogP contribution in [0.3, 0.4) is 0 Å². The van der Waals surface area contributed by atoms with Gasteiger partial charge in [0.25, 0.3) is 0 Å². The first-order chi connectivity index (χ1) is 8.52. The van der Waals surface area contributed by atoms with Crippen LogP contribution in [0.25, 0.3) is 0 Å². The van der Waals surface area contributed by atoms with Crippen LogP contribution in [0.15, 0.2) is 24.3 Å². The lowest BCUT2D eigenvalue weighted by atomic mass is 10.0. The minimum atomic E-state index is -0.0332. The molecule has 0 aliphatic heterocycles. The Kier molecular flexibility index (Phi) is 5.86. The smallest absolute Gasteiger partial charge is 0.164 e. The van der Waals surface area contributed by atoms with Crippen LogP contribution in [0.5, 0.6) is 5.75 Å². The molecule has 0 aliphatic rings. The zero-order valence-corrected chi connectivity index (χ0v) is 11.5. The van der Waals surface area contributed by atoms with E-state index < -0.39 is 0 Å². The van der Waals surface area contributed by atoms with Crippen molar-refractivity contribution in [3.8, 4) is 5.75 Å². The molecule has 1 aromatic carbocycles. The second-order valence-electron chi connectivity index (χ2n) is 4.87. The van der Waals surface area contributed by atoms with Gasteiger partial charge in [-0.2, -0.15) is 0 Å². The summed E-state index contributed by atoms with van der Waals surface area (Å²) in [5.74, 6) is 0.895. The molecule has 0 aromatic heterocycles. The number of carbonyl (C=O) groups is 1. The van der Waals surface area contributed by atoms with Gasteiger partial charge in [0.1, 0.15) is 5.75 Å². The van der Waals surface area contributed by atoms with E-state index >= 15 is 0 Å². The predicted octanol–water partition coefficient (Wildman–Crippen LogP) is 3.17. The Morgan fingerprint density at radius 2 is 1.89 bits per heavy atom. The molecule has 1 aromatic rings. The Morgan fingerprint density at radius 3 is 2.39 bits per heavy atom. The molecule has 3 heteroatoms. The van der Waals surface area contributed by atoms with Crippen molar-refractivity contribution in [3.05, 3.63) is 29.8 Å². The van der Waals surface area contributed by atoms with Crippen LogP contribution in [0.1, 0.15) is 50.4 Å². The van der Waals surface area contributed by atoms with Gasteiger partial charge in [-0.15, -0.1) is 0 Å². The van der Waals surface area contributed by atoms with Crippen molar-refractivity contribution in [2.24, 2.45) is 5.73 Å². The van der Waals surface area contributed by atoms with Gasteiger partial charge in [0.05, 0.1) is 6.10 Å². The molecule has 1 unspecified atom stereocenters. The van der Waals surface area contributed by atoms with E-state index in [4.69, 9.17) is 10.5 Å². The molecule has 0 saturated heterocycles. The summed E-state index contributed by atoms with van der Waals surface area (Å²) in [4.78, 5) is 11.9. The summed E-state index contributed by atoms with van der Waals surface area (Å²) in [6, 6.07) is 7.24. The summed E-state index contributed by atoms with van der Waals surface area (Å²) < 4.78 is 5.53. The molecular formula is C15H23NO2. The molecule has 0 spiro atoms. The quantitative estimate of drug-likeness (QED) is 0.755. The van der Waals surface area contributed by atoms with Gasteiger partial charge in [0.15, 0.2) is 5.78 Å². The van der Waals surface area contributed by atoms with Crippen molar-refractivity contribution in [1.29, 1.82) is 0 Å². The van der Waals surface area contributed by atoms with Crippen LogP contribution in [0.2, 0.25) is 0 Å². The van der Waals surface area contributed by atoms with Crippen molar-refractivity contribution < 1.29 is 9.53 Å². The average Bonchev–Trinajstić information content (AvgIpc) is 2.29. The Bertz CT molecular complexity index is 371. The normalized spacial score (nSPS) is 12.5. The van der Waals surface area contributed by atoms with Crippen LogP contribution in [-0.4, -0.2) is 17.9 Å². The number of benzene rings is 1. The highest BCUT2D eigenvalue weighted by Gasteiger charge is 2.11. The molecule has 0 fully saturated rings. The highest BCUT2D eigenvalue weighted by molar-refractivity contribution is 5.96. The third-order valence-corrected chi connectivity index (χ3v) is 2.66. The van der Waals surface area contributed by atoms with Crippen molar-refractivity contribution in [2.45, 2.75) is 52.2 Å². The number of ketones is 1. The van der Waals surface area contributed by atoms with Crippen LogP contribution in [0, 0.1) is 0 Å². The minimum absolute atomic E-state index is 0.0332. The van der Waals surface area contributed by atoms with Gasteiger partial charge >= 0.3 is 0 Å². The summed E-state index contributed by atoms with van der Waals surface area (Å²) in [5.41, 5.74) is 6.58. The molecule has 0 saturated carbocycles. The maximum atomic E-state index is 11.9. The third-order valence-electron chi connectivity index (χ3n) is 2.66. The molecule has 100 valence electrons. The zero-order valence-electron chi connectivity index (χ0n) is 11.5. The predicted molar refractivity (Wildman–Crippen MR) is 74.0 cm³/mol. The van der Waals surface area contributed by atoms with Gasteiger partial charge in [-0.25, -0.2) is 0 Å². The Balaban J connectivity index is 2.59. The van der Waals surface area contributed by atoms with E-state index in [1.54, 1.807) is 12.1 Å². The van der Waals surface area contributed by atoms with E-state index in [9.17, 15) is 4.79 Å². The number of hydrogen-bond acceptors (Lipinski definition) is 3. The Hall–Kier alpha value is -1.35. The van der Waals surface area contributed by atoms with Crippen molar-refractivity contribution in [2.75, 3.05) is 0 Å². The zero-order chi connectivity index (χ0) is 13.5.